The van der Waals surface area contributed by atoms with Gasteiger partial charge in [-0.15, -0.1) is 0 Å². The van der Waals surface area contributed by atoms with Gasteiger partial charge >= 0.3 is 0 Å². The van der Waals surface area contributed by atoms with E-state index in [9.17, 15) is 5.11 Å². The van der Waals surface area contributed by atoms with Crippen LogP contribution in [0.15, 0.2) is 18.6 Å². The van der Waals surface area contributed by atoms with Crippen molar-refractivity contribution in [3.63, 3.8) is 0 Å². The van der Waals surface area contributed by atoms with Crippen LogP contribution in [0.2, 0.25) is 5.02 Å². The molecule has 1 aliphatic heterocycles. The van der Waals surface area contributed by atoms with Gasteiger partial charge in [-0.05, 0) is 38.9 Å². The maximum atomic E-state index is 9.50. The van der Waals surface area contributed by atoms with Crippen molar-refractivity contribution in [2.24, 2.45) is 5.92 Å². The molecule has 3 heterocycles. The van der Waals surface area contributed by atoms with E-state index < -0.39 is 0 Å². The topological polar surface area (TPSA) is 79.1 Å². The van der Waals surface area contributed by atoms with Crippen molar-refractivity contribution in [2.75, 3.05) is 32.1 Å². The Bertz CT molecular complexity index is 726. The maximum Gasteiger partial charge on any atom is 0.223 e. The van der Waals surface area contributed by atoms with Crippen molar-refractivity contribution < 1.29 is 5.11 Å². The fourth-order valence-corrected chi connectivity index (χ4v) is 3.35. The number of nitrogens with one attached hydrogen (secondary N) is 1. The minimum Gasteiger partial charge on any atom is -0.394 e. The first-order valence-electron chi connectivity index (χ1n) is 9.11. The SMILES string of the molecule is CC(C)[C@H](CO)Nc1ncc(Cl)c(-c2cnn(C3CCN(C)CC3)c2)n1. The fourth-order valence-electron chi connectivity index (χ4n) is 3.15. The number of halogens is 1. The number of anilines is 1. The van der Waals surface area contributed by atoms with E-state index in [2.05, 4.69) is 32.3 Å². The van der Waals surface area contributed by atoms with Gasteiger partial charge in [-0.2, -0.15) is 5.10 Å². The molecule has 0 amide bonds. The minimum absolute atomic E-state index is 0.0209. The van der Waals surface area contributed by atoms with Gasteiger partial charge in [-0.3, -0.25) is 4.68 Å². The van der Waals surface area contributed by atoms with Crippen molar-refractivity contribution in [3.8, 4) is 11.3 Å². The van der Waals surface area contributed by atoms with Gasteiger partial charge in [0.15, 0.2) is 0 Å². The summed E-state index contributed by atoms with van der Waals surface area (Å²) in [6, 6.07) is 0.309. The molecule has 0 aromatic carbocycles. The molecule has 1 saturated heterocycles. The van der Waals surface area contributed by atoms with Crippen LogP contribution in [0, 0.1) is 5.92 Å². The summed E-state index contributed by atoms with van der Waals surface area (Å²) in [5, 5.41) is 17.7. The second-order valence-electron chi connectivity index (χ2n) is 7.31. The van der Waals surface area contributed by atoms with E-state index in [4.69, 9.17) is 11.6 Å². The molecule has 142 valence electrons. The lowest BCUT2D eigenvalue weighted by Crippen LogP contribution is -2.31. The summed E-state index contributed by atoms with van der Waals surface area (Å²) in [6.07, 6.45) is 7.60. The maximum absolute atomic E-state index is 9.50. The second kappa shape index (κ2) is 8.33. The lowest BCUT2D eigenvalue weighted by Gasteiger charge is -2.28. The number of nitrogens with zero attached hydrogens (tertiary/aromatic N) is 5. The highest BCUT2D eigenvalue weighted by atomic mass is 35.5. The van der Waals surface area contributed by atoms with Crippen LogP contribution in [0.1, 0.15) is 32.7 Å². The molecule has 1 fully saturated rings. The zero-order chi connectivity index (χ0) is 18.7. The molecule has 0 aliphatic carbocycles. The lowest BCUT2D eigenvalue weighted by atomic mass is 10.1. The van der Waals surface area contributed by atoms with Gasteiger partial charge < -0.3 is 15.3 Å². The van der Waals surface area contributed by atoms with Gasteiger partial charge in [-0.1, -0.05) is 25.4 Å². The Kier molecular flexibility index (Phi) is 6.11. The molecular formula is C18H27ClN6O. The molecule has 2 aromatic heterocycles. The Balaban J connectivity index is 1.79. The Morgan fingerprint density at radius 1 is 1.31 bits per heavy atom. The van der Waals surface area contributed by atoms with E-state index >= 15 is 0 Å². The zero-order valence-corrected chi connectivity index (χ0v) is 16.3. The van der Waals surface area contributed by atoms with Crippen LogP contribution in [0.25, 0.3) is 11.3 Å². The van der Waals surface area contributed by atoms with E-state index in [1.807, 2.05) is 30.9 Å². The first-order chi connectivity index (χ1) is 12.5. The number of aliphatic hydroxyl groups is 1. The highest BCUT2D eigenvalue weighted by Crippen LogP contribution is 2.28. The Hall–Kier alpha value is -1.70. The van der Waals surface area contributed by atoms with Crippen molar-refractivity contribution in [2.45, 2.75) is 38.8 Å². The molecule has 2 N–H and O–H groups in total. The van der Waals surface area contributed by atoms with Crippen molar-refractivity contribution in [3.05, 3.63) is 23.6 Å². The molecule has 1 atom stereocenters. The molecule has 8 heteroatoms. The van der Waals surface area contributed by atoms with Crippen LogP contribution in [0.3, 0.4) is 0 Å². The molecule has 3 rings (SSSR count). The Labute approximate surface area is 159 Å². The van der Waals surface area contributed by atoms with Gasteiger partial charge in [0.1, 0.15) is 0 Å². The summed E-state index contributed by atoms with van der Waals surface area (Å²) >= 11 is 6.33. The summed E-state index contributed by atoms with van der Waals surface area (Å²) in [7, 11) is 2.15. The van der Waals surface area contributed by atoms with Gasteiger partial charge in [0.2, 0.25) is 5.95 Å². The van der Waals surface area contributed by atoms with Crippen LogP contribution in [0.4, 0.5) is 5.95 Å². The minimum atomic E-state index is -0.106. The van der Waals surface area contributed by atoms with Gasteiger partial charge in [0.05, 0.1) is 41.8 Å². The van der Waals surface area contributed by atoms with Gasteiger partial charge in [0.25, 0.3) is 0 Å². The number of rotatable bonds is 6. The molecule has 0 radical (unpaired) electrons. The van der Waals surface area contributed by atoms with Gasteiger partial charge in [-0.25, -0.2) is 9.97 Å². The molecule has 7 nitrogen and oxygen atoms in total. The van der Waals surface area contributed by atoms with Crippen LogP contribution in [-0.2, 0) is 0 Å². The molecule has 2 aromatic rings. The highest BCUT2D eigenvalue weighted by molar-refractivity contribution is 6.32. The number of aliphatic hydroxyl groups excluding tert-OH is 1. The van der Waals surface area contributed by atoms with Crippen LogP contribution in [-0.4, -0.2) is 62.5 Å². The smallest absolute Gasteiger partial charge is 0.223 e. The highest BCUT2D eigenvalue weighted by Gasteiger charge is 2.20. The summed E-state index contributed by atoms with van der Waals surface area (Å²) in [4.78, 5) is 11.1. The molecule has 26 heavy (non-hydrogen) atoms. The standard InChI is InChI=1S/C18H27ClN6O/c1-12(2)16(11-26)22-18-20-9-15(19)17(23-18)13-8-21-25(10-13)14-4-6-24(3)7-5-14/h8-10,12,14,16,26H,4-7,11H2,1-3H3,(H,20,22,23)/t16-/m0/s1. The van der Waals surface area contributed by atoms with E-state index in [0.717, 1.165) is 31.5 Å². The number of likely N-dealkylation sites (tertiary alicyclic amines) is 1. The molecule has 0 spiro atoms. The summed E-state index contributed by atoms with van der Waals surface area (Å²) < 4.78 is 2.03. The third-order valence-electron chi connectivity index (χ3n) is 5.00. The van der Waals surface area contributed by atoms with Crippen LogP contribution in [0.5, 0.6) is 0 Å². The average molecular weight is 379 g/mol. The molecule has 0 saturated carbocycles. The van der Waals surface area contributed by atoms with E-state index in [1.165, 1.54) is 0 Å². The second-order valence-corrected chi connectivity index (χ2v) is 7.72. The predicted octanol–water partition coefficient (Wildman–Crippen LogP) is 2.69. The zero-order valence-electron chi connectivity index (χ0n) is 15.6. The van der Waals surface area contributed by atoms with Crippen molar-refractivity contribution >= 4 is 17.5 Å². The largest absolute Gasteiger partial charge is 0.394 e. The average Bonchev–Trinajstić information content (AvgIpc) is 3.11. The van der Waals surface area contributed by atoms with E-state index in [-0.39, 0.29) is 18.6 Å². The lowest BCUT2D eigenvalue weighted by molar-refractivity contribution is 0.212. The number of hydrogen-bond acceptors (Lipinski definition) is 6. The monoisotopic (exact) mass is 378 g/mol. The predicted molar refractivity (Wildman–Crippen MR) is 103 cm³/mol. The number of hydrogen-bond donors (Lipinski definition) is 2. The summed E-state index contributed by atoms with van der Waals surface area (Å²) in [5.74, 6) is 0.721. The molecule has 1 aliphatic rings. The van der Waals surface area contributed by atoms with Crippen molar-refractivity contribution in [1.29, 1.82) is 0 Å². The molecule has 0 unspecified atom stereocenters. The Morgan fingerprint density at radius 3 is 2.69 bits per heavy atom. The summed E-state index contributed by atoms with van der Waals surface area (Å²) in [6.45, 7) is 6.26. The number of piperidine rings is 1. The normalized spacial score (nSPS) is 17.6. The fraction of sp³-hybridized carbons (Fsp3) is 0.611. The Morgan fingerprint density at radius 2 is 2.04 bits per heavy atom. The third-order valence-corrected chi connectivity index (χ3v) is 5.27. The third kappa shape index (κ3) is 4.34. The molecule has 0 bridgehead atoms. The first-order valence-corrected chi connectivity index (χ1v) is 9.48. The van der Waals surface area contributed by atoms with E-state index in [0.29, 0.717) is 22.7 Å². The molecular weight excluding hydrogens is 352 g/mol. The van der Waals surface area contributed by atoms with Crippen molar-refractivity contribution in [1.82, 2.24) is 24.6 Å². The summed E-state index contributed by atoms with van der Waals surface area (Å²) in [5.41, 5.74) is 1.54. The number of aromatic nitrogens is 4. The first kappa shape index (κ1) is 19.1. The van der Waals surface area contributed by atoms with Gasteiger partial charge in [0, 0.05) is 11.8 Å². The van der Waals surface area contributed by atoms with E-state index in [1.54, 1.807) is 6.20 Å². The quantitative estimate of drug-likeness (QED) is 0.804. The van der Waals surface area contributed by atoms with Crippen LogP contribution < -0.4 is 5.32 Å². The van der Waals surface area contributed by atoms with Crippen LogP contribution >= 0.6 is 11.6 Å².